The molecule has 570 valence electrons. The Morgan fingerprint density at radius 1 is 0.313 bits per heavy atom. The molecule has 2 atom stereocenters. The van der Waals surface area contributed by atoms with Crippen molar-refractivity contribution in [3.05, 3.63) is 122 Å². The van der Waals surface area contributed by atoms with E-state index in [0.29, 0.717) is 23.9 Å². The molecule has 2 unspecified atom stereocenters. The van der Waals surface area contributed by atoms with Gasteiger partial charge in [-0.05, 0) is 89.9 Å². The first-order valence-electron chi connectivity index (χ1n) is 41.7. The molecule has 0 bridgehead atoms. The quantitative estimate of drug-likeness (QED) is 0.0211. The van der Waals surface area contributed by atoms with Crippen LogP contribution in [0.2, 0.25) is 0 Å². The van der Waals surface area contributed by atoms with E-state index in [4.69, 9.17) is 18.9 Å². The highest BCUT2D eigenvalue weighted by molar-refractivity contribution is 5.71. The van der Waals surface area contributed by atoms with Gasteiger partial charge in [-0.2, -0.15) is 0 Å². The minimum atomic E-state index is -1.52. The molecule has 0 aromatic heterocycles. The lowest BCUT2D eigenvalue weighted by Crippen LogP contribution is -2.40. The van der Waals surface area contributed by atoms with Gasteiger partial charge in [0.2, 0.25) is 0 Å². The van der Waals surface area contributed by atoms with Gasteiger partial charge in [0.15, 0.2) is 6.10 Å². The van der Waals surface area contributed by atoms with Crippen LogP contribution in [0, 0.1) is 0 Å². The smallest absolute Gasteiger partial charge is 0.361 e. The molecule has 0 saturated heterocycles. The van der Waals surface area contributed by atoms with Gasteiger partial charge in [0.25, 0.3) is 6.29 Å². The Hall–Kier alpha value is -4.31. The normalized spacial score (nSPS) is 13.3. The molecule has 0 spiro atoms. The fourth-order valence-corrected chi connectivity index (χ4v) is 11.9. The van der Waals surface area contributed by atoms with E-state index in [9.17, 15) is 19.5 Å². The number of likely N-dealkylation sites (N-methyl/N-ethyl adjacent to an activating group) is 1. The first-order valence-corrected chi connectivity index (χ1v) is 41.7. The molecule has 0 radical (unpaired) electrons. The van der Waals surface area contributed by atoms with E-state index in [-0.39, 0.29) is 32.2 Å². The molecule has 0 aliphatic rings. The average molecular weight is 1380 g/mol. The van der Waals surface area contributed by atoms with E-state index >= 15 is 0 Å². The van der Waals surface area contributed by atoms with Gasteiger partial charge in [-0.1, -0.05) is 392 Å². The van der Waals surface area contributed by atoms with Crippen LogP contribution >= 0.6 is 0 Å². The van der Waals surface area contributed by atoms with Gasteiger partial charge < -0.3 is 28.5 Å². The highest BCUT2D eigenvalue weighted by Gasteiger charge is 2.25. The Balaban J connectivity index is 4.06. The van der Waals surface area contributed by atoms with Gasteiger partial charge in [0.05, 0.1) is 34.4 Å². The van der Waals surface area contributed by atoms with Gasteiger partial charge in [-0.15, -0.1) is 0 Å². The number of ether oxygens (including phenoxy) is 4. The molecular formula is C90H158NO8+. The summed E-state index contributed by atoms with van der Waals surface area (Å²) in [5.41, 5.74) is 0. The second-order valence-electron chi connectivity index (χ2n) is 29.1. The van der Waals surface area contributed by atoms with Crippen molar-refractivity contribution in [3.63, 3.8) is 0 Å². The lowest BCUT2D eigenvalue weighted by atomic mass is 10.0. The van der Waals surface area contributed by atoms with E-state index in [2.05, 4.69) is 135 Å². The first kappa shape index (κ1) is 94.7. The van der Waals surface area contributed by atoms with E-state index in [0.717, 1.165) is 122 Å². The molecule has 0 fully saturated rings. The molecule has 0 saturated carbocycles. The maximum absolute atomic E-state index is 13.0. The van der Waals surface area contributed by atoms with E-state index in [1.807, 2.05) is 21.1 Å². The molecule has 0 heterocycles. The van der Waals surface area contributed by atoms with Crippen molar-refractivity contribution in [1.29, 1.82) is 0 Å². The summed E-state index contributed by atoms with van der Waals surface area (Å²) in [5.74, 6) is -2.02. The Labute approximate surface area is 612 Å². The number of carboxylic acids is 1. The number of aliphatic carboxylic acids is 1. The van der Waals surface area contributed by atoms with Gasteiger partial charge in [-0.3, -0.25) is 9.59 Å². The van der Waals surface area contributed by atoms with Crippen LogP contribution in [-0.4, -0.2) is 87.4 Å². The van der Waals surface area contributed by atoms with Gasteiger partial charge in [-0.25, -0.2) is 4.79 Å². The third-order valence-electron chi connectivity index (χ3n) is 18.2. The Kier molecular flexibility index (Phi) is 75.9. The fraction of sp³-hybridized carbons (Fsp3) is 0.744. The second kappa shape index (κ2) is 79.4. The SMILES string of the molecule is CC/C=C\C/C=C\C/C=C\C/C=C\C/C=C\C/C=C\C/C=C\C/C=C\C/C=C\C/C=C\CCCCCCCCC(=O)OC(COC(=O)CCCCCCCCCCCCCCCCCCCCCCCCCCCCCCCCCCCCCCC)COC(OCC[N+](C)(C)C)C(=O)O. The van der Waals surface area contributed by atoms with Crippen molar-refractivity contribution < 1.29 is 42.9 Å². The predicted octanol–water partition coefficient (Wildman–Crippen LogP) is 27.0. The molecule has 9 nitrogen and oxygen atoms in total. The summed E-state index contributed by atoms with van der Waals surface area (Å²) in [7, 11) is 5.98. The minimum absolute atomic E-state index is 0.180. The lowest BCUT2D eigenvalue weighted by molar-refractivity contribution is -0.870. The number of nitrogens with zero attached hydrogens (tertiary/aromatic N) is 1. The van der Waals surface area contributed by atoms with Crippen molar-refractivity contribution in [2.24, 2.45) is 0 Å². The zero-order chi connectivity index (χ0) is 71.8. The van der Waals surface area contributed by atoms with E-state index in [1.165, 1.54) is 218 Å². The van der Waals surface area contributed by atoms with Crippen LogP contribution in [0.4, 0.5) is 0 Å². The molecule has 9 heteroatoms. The minimum Gasteiger partial charge on any atom is -0.477 e. The predicted molar refractivity (Wildman–Crippen MR) is 428 cm³/mol. The number of unbranched alkanes of at least 4 members (excludes halogenated alkanes) is 42. The molecule has 0 amide bonds. The number of hydrogen-bond donors (Lipinski definition) is 1. The van der Waals surface area contributed by atoms with Gasteiger partial charge in [0, 0.05) is 12.8 Å². The van der Waals surface area contributed by atoms with Crippen LogP contribution in [0.15, 0.2) is 122 Å². The van der Waals surface area contributed by atoms with Crippen molar-refractivity contribution in [1.82, 2.24) is 0 Å². The summed E-state index contributed by atoms with van der Waals surface area (Å²) < 4.78 is 23.0. The fourth-order valence-electron chi connectivity index (χ4n) is 11.9. The summed E-state index contributed by atoms with van der Waals surface area (Å²) in [4.78, 5) is 37.8. The van der Waals surface area contributed by atoms with Crippen molar-refractivity contribution in [2.75, 3.05) is 47.5 Å². The van der Waals surface area contributed by atoms with Gasteiger partial charge >= 0.3 is 17.9 Å². The Morgan fingerprint density at radius 3 is 0.859 bits per heavy atom. The zero-order valence-electron chi connectivity index (χ0n) is 65.4. The number of rotatable bonds is 77. The summed E-state index contributed by atoms with van der Waals surface area (Å²) in [6.45, 7) is 4.79. The van der Waals surface area contributed by atoms with Crippen LogP contribution in [0.5, 0.6) is 0 Å². The molecule has 0 rings (SSSR count). The topological polar surface area (TPSA) is 108 Å². The molecule has 0 aliphatic carbocycles. The monoisotopic (exact) mass is 1380 g/mol. The maximum Gasteiger partial charge on any atom is 0.361 e. The number of allylic oxidation sites excluding steroid dienone is 20. The highest BCUT2D eigenvalue weighted by atomic mass is 16.7. The second-order valence-corrected chi connectivity index (χ2v) is 29.1. The highest BCUT2D eigenvalue weighted by Crippen LogP contribution is 2.19. The standard InChI is InChI=1S/C90H157NO8/c1-6-8-10-12-14-16-18-20-22-24-26-28-30-32-34-36-38-40-42-44-46-48-50-52-54-56-58-60-62-64-66-68-70-72-74-76-78-80-87(92)97-84-86(85-98-90(89(94)95)96-83-82-91(3,4)5)99-88(93)81-79-77-75-73-71-69-67-65-63-61-59-57-55-53-51-49-47-45-43-41-39-37-35-33-31-29-27-25-23-21-19-17-15-13-11-9-7-2/h9,11,15,17,21,23,27,29,33,35,39,41,45,47,51,53,57,59,63,65,86,90H,6-8,10,12-14,16,18-20,22,24-26,28,30-32,34,36-38,40,42-44,46,48-50,52,54-56,58,60-62,64,66-85H2,1-5H3/p+1/b11-9-,17-15-,23-21-,29-27-,35-33-,41-39-,47-45-,53-51-,59-57-,65-63-. The number of hydrogen-bond acceptors (Lipinski definition) is 7. The number of carboxylic acid groups (broad SMARTS) is 1. The van der Waals surface area contributed by atoms with E-state index < -0.39 is 24.3 Å². The molecule has 0 aromatic rings. The average Bonchev–Trinajstić information content (AvgIpc) is 2.19. The molecule has 0 aromatic carbocycles. The number of carbonyl (C=O) groups excluding carboxylic acids is 2. The summed E-state index contributed by atoms with van der Waals surface area (Å²) in [6.07, 6.45) is 111. The van der Waals surface area contributed by atoms with Crippen molar-refractivity contribution >= 4 is 17.9 Å². The van der Waals surface area contributed by atoms with Crippen LogP contribution in [-0.2, 0) is 33.3 Å². The zero-order valence-corrected chi connectivity index (χ0v) is 65.4. The number of esters is 2. The lowest BCUT2D eigenvalue weighted by Gasteiger charge is -2.25. The van der Waals surface area contributed by atoms with Gasteiger partial charge in [0.1, 0.15) is 13.2 Å². The molecule has 0 aliphatic heterocycles. The molecular weight excluding hydrogens is 1220 g/mol. The van der Waals surface area contributed by atoms with Crippen molar-refractivity contribution in [2.45, 2.75) is 386 Å². The Morgan fingerprint density at radius 2 is 0.576 bits per heavy atom. The van der Waals surface area contributed by atoms with Crippen LogP contribution in [0.1, 0.15) is 373 Å². The summed E-state index contributed by atoms with van der Waals surface area (Å²) in [6, 6.07) is 0. The summed E-state index contributed by atoms with van der Waals surface area (Å²) >= 11 is 0. The molecule has 1 N–H and O–H groups in total. The third-order valence-corrected chi connectivity index (χ3v) is 18.2. The summed E-state index contributed by atoms with van der Waals surface area (Å²) in [5, 5.41) is 9.78. The Bertz CT molecular complexity index is 2050. The number of quaternary nitrogens is 1. The third kappa shape index (κ3) is 80.9. The van der Waals surface area contributed by atoms with Crippen molar-refractivity contribution in [3.8, 4) is 0 Å². The first-order chi connectivity index (χ1) is 48.6. The number of carbonyl (C=O) groups is 3. The van der Waals surface area contributed by atoms with Crippen LogP contribution in [0.25, 0.3) is 0 Å². The van der Waals surface area contributed by atoms with Crippen LogP contribution in [0.3, 0.4) is 0 Å². The van der Waals surface area contributed by atoms with Crippen LogP contribution < -0.4 is 0 Å². The van der Waals surface area contributed by atoms with E-state index in [1.54, 1.807) is 0 Å². The molecule has 99 heavy (non-hydrogen) atoms. The maximum atomic E-state index is 13.0. The largest absolute Gasteiger partial charge is 0.477 e.